The molecule has 4 N–H and O–H groups in total. The Labute approximate surface area is 83.6 Å². The van der Waals surface area contributed by atoms with Crippen LogP contribution in [-0.2, 0) is 9.59 Å². The molecule has 1 aliphatic carbocycles. The van der Waals surface area contributed by atoms with Gasteiger partial charge in [0.15, 0.2) is 5.78 Å². The fraction of sp³-hybridized carbons (Fsp3) is 0.400. The number of hydrogen-bond acceptors (Lipinski definition) is 4. The maximum absolute atomic E-state index is 10.5. The van der Waals surface area contributed by atoms with Gasteiger partial charge < -0.3 is 11.5 Å². The highest BCUT2D eigenvalue weighted by molar-refractivity contribution is 6.16. The molecule has 0 heterocycles. The van der Waals surface area contributed by atoms with Gasteiger partial charge in [0.1, 0.15) is 0 Å². The van der Waals surface area contributed by atoms with Crippen molar-refractivity contribution in [1.29, 1.82) is 0 Å². The number of hydrogen-bond donors (Lipinski definition) is 2. The van der Waals surface area contributed by atoms with Gasteiger partial charge in [-0.15, -0.1) is 0 Å². The zero-order valence-electron chi connectivity index (χ0n) is 8.32. The van der Waals surface area contributed by atoms with E-state index in [1.54, 1.807) is 0 Å². The fourth-order valence-electron chi connectivity index (χ4n) is 0.731. The van der Waals surface area contributed by atoms with Gasteiger partial charge >= 0.3 is 0 Å². The maximum atomic E-state index is 10.5. The molecule has 0 atom stereocenters. The van der Waals surface area contributed by atoms with Crippen LogP contribution in [0.4, 0.5) is 0 Å². The van der Waals surface area contributed by atoms with Crippen LogP contribution in [0.1, 0.15) is 19.8 Å². The lowest BCUT2D eigenvalue weighted by Crippen LogP contribution is -2.14. The predicted molar refractivity (Wildman–Crippen MR) is 55.4 cm³/mol. The predicted octanol–water partition coefficient (Wildman–Crippen LogP) is 0.282. The Balaban J connectivity index is 0.000000292. The Morgan fingerprint density at radius 3 is 2.21 bits per heavy atom. The van der Waals surface area contributed by atoms with Crippen molar-refractivity contribution >= 4 is 11.6 Å². The standard InChI is InChI=1S/C6H5NO2.C4H11N/c7-5-3-4(8)1-2-6(5)9;1-2-3-4-5/h1-3H,7H2;2-5H2,1H3. The Morgan fingerprint density at radius 1 is 1.29 bits per heavy atom. The van der Waals surface area contributed by atoms with E-state index in [4.69, 9.17) is 11.5 Å². The van der Waals surface area contributed by atoms with Crippen LogP contribution in [0.2, 0.25) is 0 Å². The first kappa shape index (κ1) is 12.6. The van der Waals surface area contributed by atoms with Crippen molar-refractivity contribution in [3.05, 3.63) is 23.9 Å². The Kier molecular flexibility index (Phi) is 6.32. The van der Waals surface area contributed by atoms with Crippen molar-refractivity contribution in [1.82, 2.24) is 0 Å². The Morgan fingerprint density at radius 2 is 1.93 bits per heavy atom. The third kappa shape index (κ3) is 5.27. The van der Waals surface area contributed by atoms with Gasteiger partial charge in [-0.05, 0) is 25.1 Å². The van der Waals surface area contributed by atoms with Crippen LogP contribution in [0, 0.1) is 0 Å². The number of nitrogens with two attached hydrogens (primary N) is 2. The fourth-order valence-corrected chi connectivity index (χ4v) is 0.731. The van der Waals surface area contributed by atoms with Crippen molar-refractivity contribution in [3.63, 3.8) is 0 Å². The van der Waals surface area contributed by atoms with Crippen LogP contribution in [-0.4, -0.2) is 18.1 Å². The molecule has 0 aromatic carbocycles. The normalized spacial score (nSPS) is 14.6. The van der Waals surface area contributed by atoms with E-state index in [0.29, 0.717) is 0 Å². The lowest BCUT2D eigenvalue weighted by molar-refractivity contribution is -0.114. The molecule has 4 nitrogen and oxygen atoms in total. The van der Waals surface area contributed by atoms with Crippen molar-refractivity contribution in [3.8, 4) is 0 Å². The molecule has 0 saturated carbocycles. The third-order valence-electron chi connectivity index (χ3n) is 1.54. The first-order chi connectivity index (χ1) is 6.61. The minimum absolute atomic E-state index is 0.0162. The van der Waals surface area contributed by atoms with Gasteiger partial charge in [-0.3, -0.25) is 9.59 Å². The van der Waals surface area contributed by atoms with Crippen molar-refractivity contribution < 1.29 is 9.59 Å². The van der Waals surface area contributed by atoms with E-state index in [1.807, 2.05) is 0 Å². The smallest absolute Gasteiger partial charge is 0.201 e. The minimum Gasteiger partial charge on any atom is -0.395 e. The van der Waals surface area contributed by atoms with Crippen LogP contribution < -0.4 is 11.5 Å². The second kappa shape index (κ2) is 7.03. The molecule has 0 fully saturated rings. The van der Waals surface area contributed by atoms with Crippen LogP contribution in [0.15, 0.2) is 23.9 Å². The number of unbranched alkanes of at least 4 members (excludes halogenated alkanes) is 1. The third-order valence-corrected chi connectivity index (χ3v) is 1.54. The largest absolute Gasteiger partial charge is 0.395 e. The molecule has 0 bridgehead atoms. The zero-order valence-corrected chi connectivity index (χ0v) is 8.32. The molecule has 0 radical (unpaired) electrons. The molecule has 1 rings (SSSR count). The molecule has 14 heavy (non-hydrogen) atoms. The summed E-state index contributed by atoms with van der Waals surface area (Å²) in [5.41, 5.74) is 10.3. The molecule has 0 saturated heterocycles. The van der Waals surface area contributed by atoms with E-state index in [9.17, 15) is 9.59 Å². The quantitative estimate of drug-likeness (QED) is 0.621. The molecule has 0 aromatic rings. The molecule has 1 aliphatic rings. The topological polar surface area (TPSA) is 86.2 Å². The minimum atomic E-state index is -0.297. The number of rotatable bonds is 2. The number of allylic oxidation sites excluding steroid dienone is 3. The molecular formula is C10H16N2O2. The highest BCUT2D eigenvalue weighted by Gasteiger charge is 2.07. The Hall–Kier alpha value is -1.42. The maximum Gasteiger partial charge on any atom is 0.201 e. The molecule has 0 spiro atoms. The summed E-state index contributed by atoms with van der Waals surface area (Å²) in [6, 6.07) is 0. The van der Waals surface area contributed by atoms with Gasteiger partial charge in [0.25, 0.3) is 0 Å². The number of ketones is 2. The summed E-state index contributed by atoms with van der Waals surface area (Å²) >= 11 is 0. The average molecular weight is 196 g/mol. The summed E-state index contributed by atoms with van der Waals surface area (Å²) < 4.78 is 0. The molecule has 0 unspecified atom stereocenters. The van der Waals surface area contributed by atoms with Gasteiger partial charge in [-0.2, -0.15) is 0 Å². The molecule has 78 valence electrons. The van der Waals surface area contributed by atoms with Gasteiger partial charge in [-0.1, -0.05) is 13.3 Å². The van der Waals surface area contributed by atoms with Crippen LogP contribution in [0.25, 0.3) is 0 Å². The summed E-state index contributed by atoms with van der Waals surface area (Å²) in [4.78, 5) is 20.9. The van der Waals surface area contributed by atoms with E-state index < -0.39 is 0 Å². The second-order valence-corrected chi connectivity index (χ2v) is 2.84. The molecule has 0 amide bonds. The first-order valence-corrected chi connectivity index (χ1v) is 4.55. The number of carbonyl (C=O) groups excluding carboxylic acids is 2. The summed E-state index contributed by atoms with van der Waals surface area (Å²) in [7, 11) is 0. The highest BCUT2D eigenvalue weighted by Crippen LogP contribution is 1.97. The van der Waals surface area contributed by atoms with Crippen molar-refractivity contribution in [2.45, 2.75) is 19.8 Å². The molecule has 0 aliphatic heterocycles. The van der Waals surface area contributed by atoms with Crippen molar-refractivity contribution in [2.24, 2.45) is 11.5 Å². The summed E-state index contributed by atoms with van der Waals surface area (Å²) in [5.74, 6) is -0.526. The summed E-state index contributed by atoms with van der Waals surface area (Å²) in [6.45, 7) is 2.98. The second-order valence-electron chi connectivity index (χ2n) is 2.84. The van der Waals surface area contributed by atoms with E-state index in [2.05, 4.69) is 6.92 Å². The van der Waals surface area contributed by atoms with Gasteiger partial charge in [0, 0.05) is 6.08 Å². The average Bonchev–Trinajstić information content (AvgIpc) is 2.14. The zero-order chi connectivity index (χ0) is 11.0. The SMILES string of the molecule is CCCCN.NC1=CC(=O)C=CC1=O. The van der Waals surface area contributed by atoms with Crippen molar-refractivity contribution in [2.75, 3.05) is 6.54 Å². The molecule has 0 aromatic heterocycles. The lowest BCUT2D eigenvalue weighted by Gasteiger charge is -1.96. The number of carbonyl (C=O) groups is 2. The van der Waals surface area contributed by atoms with E-state index in [-0.39, 0.29) is 17.3 Å². The lowest BCUT2D eigenvalue weighted by atomic mass is 10.1. The summed E-state index contributed by atoms with van der Waals surface area (Å²) in [5, 5.41) is 0. The van der Waals surface area contributed by atoms with Crippen LogP contribution in [0.5, 0.6) is 0 Å². The van der Waals surface area contributed by atoms with Gasteiger partial charge in [0.2, 0.25) is 5.78 Å². The van der Waals surface area contributed by atoms with Gasteiger partial charge in [-0.25, -0.2) is 0 Å². The van der Waals surface area contributed by atoms with E-state index in [0.717, 1.165) is 18.7 Å². The highest BCUT2D eigenvalue weighted by atomic mass is 16.1. The molecular weight excluding hydrogens is 180 g/mol. The summed E-state index contributed by atoms with van der Waals surface area (Å²) in [6.07, 6.45) is 5.86. The monoisotopic (exact) mass is 196 g/mol. The van der Waals surface area contributed by atoms with Crippen LogP contribution in [0.3, 0.4) is 0 Å². The van der Waals surface area contributed by atoms with E-state index >= 15 is 0 Å². The van der Waals surface area contributed by atoms with Gasteiger partial charge in [0.05, 0.1) is 5.70 Å². The first-order valence-electron chi connectivity index (χ1n) is 4.55. The Bertz CT molecular complexity index is 265. The van der Waals surface area contributed by atoms with Crippen LogP contribution >= 0.6 is 0 Å². The van der Waals surface area contributed by atoms with E-state index in [1.165, 1.54) is 18.9 Å². The molecule has 4 heteroatoms.